The summed E-state index contributed by atoms with van der Waals surface area (Å²) in [4.78, 5) is 11.6. The Bertz CT molecular complexity index is 2610. The average Bonchev–Trinajstić information content (AvgIpc) is 0.830. The summed E-state index contributed by atoms with van der Waals surface area (Å²) in [5, 5.41) is 0. The van der Waals surface area contributed by atoms with E-state index in [0.29, 0.717) is 5.41 Å². The van der Waals surface area contributed by atoms with E-state index in [-0.39, 0.29) is 0 Å². The van der Waals surface area contributed by atoms with Crippen LogP contribution in [0, 0.1) is 142 Å². The van der Waals surface area contributed by atoms with Gasteiger partial charge in [-0.05, 0) is 307 Å². The second kappa shape index (κ2) is 29.3. The molecule has 0 aromatic rings. The molecular weight excluding hydrogens is 1210 g/mol. The molecule has 0 N–H and O–H groups in total. The summed E-state index contributed by atoms with van der Waals surface area (Å²) in [7, 11) is 0. The molecule has 4 heteroatoms. The van der Waals surface area contributed by atoms with E-state index < -0.39 is 0 Å². The smallest absolute Gasteiger partial charge is 0.156 e. The third-order valence-corrected chi connectivity index (χ3v) is 40.6. The van der Waals surface area contributed by atoms with E-state index in [4.69, 9.17) is 0 Å². The van der Waals surface area contributed by atoms with Crippen LogP contribution < -0.4 is 0 Å². The van der Waals surface area contributed by atoms with Crippen LogP contribution >= 0.6 is 0 Å². The van der Waals surface area contributed by atoms with Gasteiger partial charge >= 0.3 is 0 Å². The number of rotatable bonds is 9. The minimum absolute atomic E-state index is 0.458. The maximum Gasteiger partial charge on any atom is 0.156 e. The first-order chi connectivity index (χ1) is 49.3. The molecule has 17 saturated carbocycles. The Hall–Kier alpha value is -0.0551. The molecule has 0 amide bonds. The largest absolute Gasteiger partial charge is 0.295 e. The van der Waals surface area contributed by atoms with Gasteiger partial charge in [-0.1, -0.05) is 239 Å². The van der Waals surface area contributed by atoms with Gasteiger partial charge in [-0.15, -0.1) is 0 Å². The topological polar surface area (TPSA) is 9.72 Å². The first-order valence-corrected chi connectivity index (χ1v) is 48.6. The molecule has 0 spiro atoms. The quantitative estimate of drug-likeness (QED) is 0.213. The van der Waals surface area contributed by atoms with Gasteiger partial charge in [-0.25, -0.2) is 0 Å². The average molecular weight is 1370 g/mol. The second-order valence-corrected chi connectivity index (χ2v) is 44.7. The van der Waals surface area contributed by atoms with Gasteiger partial charge in [-0.2, -0.15) is 0 Å². The van der Waals surface area contributed by atoms with E-state index in [1.807, 2.05) is 0 Å². The highest BCUT2D eigenvalue weighted by Gasteiger charge is 2.70. The van der Waals surface area contributed by atoms with Gasteiger partial charge in [0.1, 0.15) is 0 Å². The van der Waals surface area contributed by atoms with Gasteiger partial charge in [-0.3, -0.25) is 14.7 Å². The lowest BCUT2D eigenvalue weighted by Crippen LogP contribution is -2.77. The lowest BCUT2D eigenvalue weighted by molar-refractivity contribution is -0.168. The Kier molecular flexibility index (Phi) is 20.3. The lowest BCUT2D eigenvalue weighted by Gasteiger charge is -2.72. The minimum Gasteiger partial charge on any atom is -0.295 e. The van der Waals surface area contributed by atoms with Crippen molar-refractivity contribution in [1.29, 1.82) is 0 Å². The van der Waals surface area contributed by atoms with Crippen molar-refractivity contribution < 1.29 is 0 Å². The molecule has 3 aliphatic heterocycles. The molecule has 0 radical (unpaired) electrons. The maximum absolute atomic E-state index is 4.02. The predicted octanol–water partition coefficient (Wildman–Crippen LogP) is 25.5. The normalized spacial score (nSPS) is 51.9. The summed E-state index contributed by atoms with van der Waals surface area (Å²) >= 11 is 0. The molecule has 0 aromatic carbocycles. The highest BCUT2D eigenvalue weighted by molar-refractivity contribution is 6.65. The zero-order valence-corrected chi connectivity index (χ0v) is 65.9. The Morgan fingerprint density at radius 3 is 1.17 bits per heavy atom. The van der Waals surface area contributed by atoms with Crippen LogP contribution in [0.2, 0.25) is 17.5 Å². The molecule has 20 rings (SSSR count). The van der Waals surface area contributed by atoms with Crippen molar-refractivity contribution in [3.05, 3.63) is 0 Å². The summed E-state index contributed by atoms with van der Waals surface area (Å²) in [5.74, 6) is 26.8. The van der Waals surface area contributed by atoms with Gasteiger partial charge in [0.25, 0.3) is 0 Å². The minimum atomic E-state index is 0.458. The van der Waals surface area contributed by atoms with Crippen LogP contribution in [0.1, 0.15) is 387 Å². The third kappa shape index (κ3) is 12.2. The van der Waals surface area contributed by atoms with Gasteiger partial charge in [0, 0.05) is 54.4 Å². The first kappa shape index (κ1) is 69.2. The van der Waals surface area contributed by atoms with E-state index in [0.717, 1.165) is 215 Å². The number of likely N-dealkylation sites (tertiary alicyclic amines) is 1. The summed E-state index contributed by atoms with van der Waals surface area (Å²) in [6.07, 6.45) is 90.9. The predicted molar refractivity (Wildman–Crippen MR) is 420 cm³/mol. The summed E-state index contributed by atoms with van der Waals surface area (Å²) in [6, 6.07) is 7.97. The summed E-state index contributed by atoms with van der Waals surface area (Å²) in [6.45, 7) is 8.97. The molecule has 27 unspecified atom stereocenters. The Morgan fingerprint density at radius 2 is 0.640 bits per heavy atom. The zero-order chi connectivity index (χ0) is 66.3. The molecule has 3 nitrogen and oxygen atoms in total. The molecule has 560 valence electrons. The maximum atomic E-state index is 4.02. The number of fused-ring (bicyclic) bond motifs is 9. The van der Waals surface area contributed by atoms with Crippen molar-refractivity contribution in [3.8, 4) is 0 Å². The molecule has 27 atom stereocenters. The number of hydrogen-bond acceptors (Lipinski definition) is 3. The van der Waals surface area contributed by atoms with Crippen LogP contribution in [0.5, 0.6) is 0 Å². The van der Waals surface area contributed by atoms with E-state index >= 15 is 0 Å². The molecule has 17 aliphatic carbocycles. The Labute approximate surface area is 617 Å². The van der Waals surface area contributed by atoms with Crippen molar-refractivity contribution in [1.82, 2.24) is 14.7 Å². The van der Waals surface area contributed by atoms with Crippen LogP contribution in [-0.2, 0) is 0 Å². The molecular formula is C96H158BN3. The fourth-order valence-corrected chi connectivity index (χ4v) is 37.6. The van der Waals surface area contributed by atoms with Crippen LogP contribution in [0.15, 0.2) is 0 Å². The van der Waals surface area contributed by atoms with Crippen LogP contribution in [0.3, 0.4) is 0 Å². The molecule has 100 heavy (non-hydrogen) atoms. The van der Waals surface area contributed by atoms with E-state index in [1.165, 1.54) is 12.8 Å². The monoisotopic (exact) mass is 1360 g/mol. The number of nitrogens with zero attached hydrogens (tertiary/aromatic N) is 3. The molecule has 0 bridgehead atoms. The highest BCUT2D eigenvalue weighted by Crippen LogP contribution is 2.72. The SMILES string of the molecule is CC(C)(C)C1CCC(C2CC3C4B(C5CC(C6CCC7CCCC8C9CCCC%10CCCC(C%109)C6C78)CCC5N3C3C(C5CCCCC5)CCCC3C3CCCCC3)C3CCC(N5C6CCCCC6C6CCCCC65)CC3N(C3C(C5CCCCC5)CCCC3C3CCCCC3)C4C2)CC1. The second-order valence-electron chi connectivity index (χ2n) is 44.7. The molecule has 0 aromatic heterocycles. The van der Waals surface area contributed by atoms with E-state index in [9.17, 15) is 0 Å². The molecule has 20 aliphatic rings. The molecule has 3 heterocycles. The standard InChI is InChI=1S/C96H158BN3/c1-96(2,3)70-51-47-61(48-52-70)69-58-88-93-89(59-69)100(95-75(64-29-12-6-13-30-64)40-24-41-76(95)65-31-14-7-15-32-65)87-60-71(98-84-45-18-16-36-77(84)78-37-17-19-46-85(78)98)53-55-82(87)97(93)83-57-68(72-54-49-67-35-21-43-80-79-42-20-33-66-34-22-44-81(90(66)79)92(72)91(67)80)50-56-86(83)99(88)94-73(62-25-8-4-9-26-62)38-23-39-74(94)63-27-10-5-11-28-63/h61-95H,4-60H2,1-3H3. The summed E-state index contributed by atoms with van der Waals surface area (Å²) < 4.78 is 0. The molecule has 3 saturated heterocycles. The van der Waals surface area contributed by atoms with E-state index in [1.54, 1.807) is 353 Å². The van der Waals surface area contributed by atoms with Gasteiger partial charge in [0.2, 0.25) is 0 Å². The number of hydrogen-bond donors (Lipinski definition) is 0. The Morgan fingerprint density at radius 1 is 0.220 bits per heavy atom. The van der Waals surface area contributed by atoms with Crippen molar-refractivity contribution in [2.24, 2.45) is 142 Å². The van der Waals surface area contributed by atoms with Crippen LogP contribution in [0.4, 0.5) is 0 Å². The van der Waals surface area contributed by atoms with Gasteiger partial charge < -0.3 is 0 Å². The fourth-order valence-electron chi connectivity index (χ4n) is 37.6. The van der Waals surface area contributed by atoms with Crippen molar-refractivity contribution in [2.45, 2.75) is 459 Å². The van der Waals surface area contributed by atoms with E-state index in [2.05, 4.69) is 35.5 Å². The highest BCUT2D eigenvalue weighted by atomic mass is 15.3. The fraction of sp³-hybridized carbons (Fsp3) is 1.00. The van der Waals surface area contributed by atoms with Crippen molar-refractivity contribution in [3.63, 3.8) is 0 Å². The summed E-state index contributed by atoms with van der Waals surface area (Å²) in [5.41, 5.74) is 0.458. The molecule has 20 fully saturated rings. The first-order valence-electron chi connectivity index (χ1n) is 48.6. The zero-order valence-electron chi connectivity index (χ0n) is 65.9. The van der Waals surface area contributed by atoms with Crippen LogP contribution in [0.25, 0.3) is 0 Å². The van der Waals surface area contributed by atoms with Crippen molar-refractivity contribution >= 4 is 6.71 Å². The third-order valence-electron chi connectivity index (χ3n) is 40.6. The lowest BCUT2D eigenvalue weighted by atomic mass is 9.18. The Balaban J connectivity index is 0.764. The van der Waals surface area contributed by atoms with Gasteiger partial charge in [0.15, 0.2) is 6.71 Å². The van der Waals surface area contributed by atoms with Crippen LogP contribution in [-0.4, -0.2) is 75.8 Å². The van der Waals surface area contributed by atoms with Crippen molar-refractivity contribution in [2.75, 3.05) is 0 Å². The van der Waals surface area contributed by atoms with Gasteiger partial charge in [0.05, 0.1) is 0 Å².